The molecule has 0 aliphatic carbocycles. The lowest BCUT2D eigenvalue weighted by Crippen LogP contribution is -2.32. The second-order valence-corrected chi connectivity index (χ2v) is 7.73. The maximum atomic E-state index is 11.2. The summed E-state index contributed by atoms with van der Waals surface area (Å²) in [6.45, 7) is 10.5. The fraction of sp³-hybridized carbons (Fsp3) is 0.455. The normalized spacial score (nSPS) is 11.5. The van der Waals surface area contributed by atoms with Crippen LogP contribution in [0, 0.1) is 20.2 Å². The molecule has 0 spiro atoms. The van der Waals surface area contributed by atoms with Crippen molar-refractivity contribution in [3.63, 3.8) is 0 Å². The average Bonchev–Trinajstić information content (AvgIpc) is 2.76. The summed E-state index contributed by atoms with van der Waals surface area (Å²) >= 11 is 0. The number of nitro benzene ring substituents is 2. The van der Waals surface area contributed by atoms with Gasteiger partial charge >= 0.3 is 5.69 Å². The molecule has 0 aliphatic heterocycles. The molecule has 0 amide bonds. The quantitative estimate of drug-likeness (QED) is 0.217. The molecule has 11 heteroatoms. The van der Waals surface area contributed by atoms with E-state index in [2.05, 4.69) is 15.1 Å². The van der Waals surface area contributed by atoms with Crippen LogP contribution in [-0.4, -0.2) is 48.4 Å². The van der Waals surface area contributed by atoms with Gasteiger partial charge in [-0.2, -0.15) is 5.11 Å². The predicted molar refractivity (Wildman–Crippen MR) is 125 cm³/mol. The van der Waals surface area contributed by atoms with E-state index in [0.717, 1.165) is 17.8 Å². The number of nitro groups is 2. The molecule has 0 saturated carbocycles. The van der Waals surface area contributed by atoms with E-state index in [1.54, 1.807) is 12.1 Å². The van der Waals surface area contributed by atoms with Crippen LogP contribution in [0.4, 0.5) is 28.4 Å². The van der Waals surface area contributed by atoms with Crippen molar-refractivity contribution in [2.24, 2.45) is 10.2 Å². The lowest BCUT2D eigenvalue weighted by molar-refractivity contribution is -0.393. The highest BCUT2D eigenvalue weighted by molar-refractivity contribution is 5.62. The Hall–Kier alpha value is -3.44. The average molecular weight is 460 g/mol. The number of non-ortho nitro benzene ring substituents is 1. The van der Waals surface area contributed by atoms with E-state index in [1.165, 1.54) is 6.07 Å². The fourth-order valence-electron chi connectivity index (χ4n) is 2.87. The van der Waals surface area contributed by atoms with Gasteiger partial charge in [-0.3, -0.25) is 20.2 Å². The Morgan fingerprint density at radius 3 is 1.91 bits per heavy atom. The first-order valence-electron chi connectivity index (χ1n) is 10.6. The lowest BCUT2D eigenvalue weighted by Gasteiger charge is -2.25. The Labute approximate surface area is 192 Å². The SMILES string of the molecule is CC(C)OCCN(CCOC(C)C)c1ccc(N=Nc2ccc([N+](=O)[O-])cc2[N+](=O)[O-])cc1. The van der Waals surface area contributed by atoms with Gasteiger partial charge in [0, 0.05) is 24.8 Å². The molecule has 2 aromatic rings. The van der Waals surface area contributed by atoms with E-state index in [4.69, 9.17) is 9.47 Å². The molecule has 178 valence electrons. The third kappa shape index (κ3) is 8.54. The van der Waals surface area contributed by atoms with Gasteiger partial charge in [-0.1, -0.05) is 0 Å². The van der Waals surface area contributed by atoms with Gasteiger partial charge in [0.15, 0.2) is 5.69 Å². The summed E-state index contributed by atoms with van der Waals surface area (Å²) in [6.07, 6.45) is 0.287. The molecule has 2 rings (SSSR count). The van der Waals surface area contributed by atoms with E-state index in [-0.39, 0.29) is 23.6 Å². The van der Waals surface area contributed by atoms with Crippen molar-refractivity contribution in [2.75, 3.05) is 31.2 Å². The van der Waals surface area contributed by atoms with Gasteiger partial charge in [0.25, 0.3) is 5.69 Å². The Morgan fingerprint density at radius 1 is 0.848 bits per heavy atom. The van der Waals surface area contributed by atoms with Crippen LogP contribution in [0.2, 0.25) is 0 Å². The molecule has 0 radical (unpaired) electrons. The molecule has 2 aromatic carbocycles. The van der Waals surface area contributed by atoms with Gasteiger partial charge in [-0.25, -0.2) is 0 Å². The highest BCUT2D eigenvalue weighted by atomic mass is 16.6. The van der Waals surface area contributed by atoms with Gasteiger partial charge in [0.2, 0.25) is 0 Å². The topological polar surface area (TPSA) is 133 Å². The molecule has 0 heterocycles. The molecule has 0 aliphatic rings. The minimum absolute atomic E-state index is 0.0621. The van der Waals surface area contributed by atoms with Crippen molar-refractivity contribution in [3.8, 4) is 0 Å². The number of hydrogen-bond donors (Lipinski definition) is 0. The van der Waals surface area contributed by atoms with E-state index in [0.29, 0.717) is 32.0 Å². The van der Waals surface area contributed by atoms with Gasteiger partial charge in [0.05, 0.1) is 47.0 Å². The minimum atomic E-state index is -0.721. The molecule has 0 aromatic heterocycles. The second kappa shape index (κ2) is 12.6. The van der Waals surface area contributed by atoms with Crippen LogP contribution in [0.1, 0.15) is 27.7 Å². The largest absolute Gasteiger partial charge is 0.377 e. The molecule has 11 nitrogen and oxygen atoms in total. The van der Waals surface area contributed by atoms with Gasteiger partial charge in [-0.05, 0) is 58.0 Å². The van der Waals surface area contributed by atoms with Crippen LogP contribution in [0.15, 0.2) is 52.7 Å². The molecular weight excluding hydrogens is 430 g/mol. The Morgan fingerprint density at radius 2 is 1.42 bits per heavy atom. The summed E-state index contributed by atoms with van der Waals surface area (Å²) in [6, 6.07) is 10.5. The first-order chi connectivity index (χ1) is 15.7. The third-order valence-electron chi connectivity index (χ3n) is 4.48. The second-order valence-electron chi connectivity index (χ2n) is 7.73. The van der Waals surface area contributed by atoms with Crippen molar-refractivity contribution in [1.82, 2.24) is 0 Å². The van der Waals surface area contributed by atoms with Crippen molar-refractivity contribution < 1.29 is 19.3 Å². The van der Waals surface area contributed by atoms with E-state index < -0.39 is 15.5 Å². The zero-order valence-corrected chi connectivity index (χ0v) is 19.2. The zero-order valence-electron chi connectivity index (χ0n) is 19.2. The van der Waals surface area contributed by atoms with E-state index in [1.807, 2.05) is 39.8 Å². The molecule has 0 bridgehead atoms. The maximum absolute atomic E-state index is 11.2. The summed E-state index contributed by atoms with van der Waals surface area (Å²) in [5, 5.41) is 30.1. The predicted octanol–water partition coefficient (Wildman–Crippen LogP) is 5.57. The number of benzene rings is 2. The highest BCUT2D eigenvalue weighted by Gasteiger charge is 2.19. The smallest absolute Gasteiger partial charge is 0.303 e. The van der Waals surface area contributed by atoms with Gasteiger partial charge < -0.3 is 14.4 Å². The summed E-state index contributed by atoms with van der Waals surface area (Å²) < 4.78 is 11.3. The first kappa shape index (κ1) is 25.8. The summed E-state index contributed by atoms with van der Waals surface area (Å²) in [5.41, 5.74) is 0.519. The van der Waals surface area contributed by atoms with E-state index in [9.17, 15) is 20.2 Å². The number of nitrogens with zero attached hydrogens (tertiary/aromatic N) is 5. The molecule has 0 N–H and O–H groups in total. The number of rotatable bonds is 13. The number of azo groups is 1. The van der Waals surface area contributed by atoms with Crippen LogP contribution < -0.4 is 4.90 Å². The molecule has 0 fully saturated rings. The minimum Gasteiger partial charge on any atom is -0.377 e. The number of hydrogen-bond acceptors (Lipinski definition) is 9. The van der Waals surface area contributed by atoms with E-state index >= 15 is 0 Å². The molecule has 0 atom stereocenters. The number of anilines is 1. The third-order valence-corrected chi connectivity index (χ3v) is 4.48. The summed E-state index contributed by atoms with van der Waals surface area (Å²) in [7, 11) is 0. The standard InChI is InChI=1S/C22H29N5O6/c1-16(2)32-13-11-25(12-14-33-17(3)4)19-7-5-18(6-8-19)23-24-21-10-9-20(26(28)29)15-22(21)27(30)31/h5-10,15-17H,11-14H2,1-4H3. The van der Waals surface area contributed by atoms with Crippen LogP contribution in [0.25, 0.3) is 0 Å². The number of ether oxygens (including phenoxy) is 2. The Kier molecular flexibility index (Phi) is 9.83. The fourth-order valence-corrected chi connectivity index (χ4v) is 2.87. The molecule has 33 heavy (non-hydrogen) atoms. The van der Waals surface area contributed by atoms with Crippen LogP contribution in [-0.2, 0) is 9.47 Å². The summed E-state index contributed by atoms with van der Waals surface area (Å²) in [4.78, 5) is 22.8. The highest BCUT2D eigenvalue weighted by Crippen LogP contribution is 2.32. The van der Waals surface area contributed by atoms with Crippen LogP contribution in [0.3, 0.4) is 0 Å². The van der Waals surface area contributed by atoms with Gasteiger partial charge in [-0.15, -0.1) is 5.11 Å². The molecule has 0 unspecified atom stereocenters. The monoisotopic (exact) mass is 459 g/mol. The van der Waals surface area contributed by atoms with Crippen molar-refractivity contribution >= 4 is 28.4 Å². The summed E-state index contributed by atoms with van der Waals surface area (Å²) in [5.74, 6) is 0. The first-order valence-corrected chi connectivity index (χ1v) is 10.6. The maximum Gasteiger partial charge on any atom is 0.303 e. The van der Waals surface area contributed by atoms with Gasteiger partial charge in [0.1, 0.15) is 0 Å². The Balaban J connectivity index is 2.15. The van der Waals surface area contributed by atoms with Crippen molar-refractivity contribution in [2.45, 2.75) is 39.9 Å². The van der Waals surface area contributed by atoms with Crippen LogP contribution >= 0.6 is 0 Å². The van der Waals surface area contributed by atoms with Crippen molar-refractivity contribution in [1.29, 1.82) is 0 Å². The van der Waals surface area contributed by atoms with Crippen molar-refractivity contribution in [3.05, 3.63) is 62.7 Å². The zero-order chi connectivity index (χ0) is 24.4. The molecule has 0 saturated heterocycles. The molecular formula is C22H29N5O6. The van der Waals surface area contributed by atoms with Crippen LogP contribution in [0.5, 0.6) is 0 Å². The Bertz CT molecular complexity index is 948. The lowest BCUT2D eigenvalue weighted by atomic mass is 10.2.